The maximum Gasteiger partial charge on any atom is 0.228 e. The lowest BCUT2D eigenvalue weighted by Crippen LogP contribution is -2.64. The lowest BCUT2D eigenvalue weighted by atomic mass is 9.34. The Morgan fingerprint density at radius 2 is 1.72 bits per heavy atom. The molecule has 4 nitrogen and oxygen atoms in total. The molecule has 0 saturated heterocycles. The van der Waals surface area contributed by atoms with Gasteiger partial charge < -0.3 is 5.73 Å². The van der Waals surface area contributed by atoms with E-state index in [1.165, 1.54) is 24.1 Å². The highest BCUT2D eigenvalue weighted by molar-refractivity contribution is 6.64. The zero-order chi connectivity index (χ0) is 26.1. The van der Waals surface area contributed by atoms with E-state index in [2.05, 4.69) is 59.6 Å². The fourth-order valence-electron chi connectivity index (χ4n) is 11.0. The third kappa shape index (κ3) is 2.84. The van der Waals surface area contributed by atoms with Crippen LogP contribution in [0, 0.1) is 44.8 Å². The van der Waals surface area contributed by atoms with Crippen LogP contribution in [0.5, 0.6) is 0 Å². The highest BCUT2D eigenvalue weighted by Crippen LogP contribution is 2.75. The van der Waals surface area contributed by atoms with Gasteiger partial charge in [-0.3, -0.25) is 9.89 Å². The average molecular weight is 512 g/mol. The van der Waals surface area contributed by atoms with E-state index in [0.29, 0.717) is 11.8 Å². The van der Waals surface area contributed by atoms with Crippen LogP contribution in [0.15, 0.2) is 11.6 Å². The van der Waals surface area contributed by atoms with Crippen molar-refractivity contribution in [1.29, 1.82) is 0 Å². The van der Waals surface area contributed by atoms with Crippen molar-refractivity contribution in [3.63, 3.8) is 0 Å². The van der Waals surface area contributed by atoms with Gasteiger partial charge in [-0.05, 0) is 109 Å². The number of nitrogens with zero attached hydrogens (tertiary/aromatic N) is 1. The molecule has 0 spiro atoms. The van der Waals surface area contributed by atoms with E-state index in [4.69, 9.17) is 22.4 Å². The van der Waals surface area contributed by atoms with Gasteiger partial charge in [0.15, 0.2) is 0 Å². The summed E-state index contributed by atoms with van der Waals surface area (Å²) >= 11 is 6.47. The fourth-order valence-corrected chi connectivity index (χ4v) is 11.4. The van der Waals surface area contributed by atoms with Crippen molar-refractivity contribution in [1.82, 2.24) is 10.2 Å². The highest BCUT2D eigenvalue weighted by atomic mass is 35.5. The first-order valence-electron chi connectivity index (χ1n) is 14.4. The Hall–Kier alpha value is -1.29. The Balaban J connectivity index is 1.47. The molecule has 198 valence electrons. The second kappa shape index (κ2) is 7.21. The summed E-state index contributed by atoms with van der Waals surface area (Å²) < 4.78 is 0. The maximum absolute atomic E-state index is 13.1. The van der Waals surface area contributed by atoms with Crippen molar-refractivity contribution in [2.24, 2.45) is 44.8 Å². The number of nitrogens with one attached hydrogen (secondary N) is 1. The van der Waals surface area contributed by atoms with E-state index in [9.17, 15) is 4.79 Å². The Kier molecular flexibility index (Phi) is 5.01. The molecule has 0 aromatic carbocycles. The van der Waals surface area contributed by atoms with Crippen LogP contribution in [0.2, 0.25) is 0 Å². The standard InChI is InChI=1S/C31H46ClN3O/c1-26(2)12-14-31(25(32)36)15-13-29(6)19(20(31)17-26)8-9-22-28(5)16-18-23(34-35-24(18)33)27(3,4)21(28)10-11-30(22,29)7/h8,20-22H,9-17H2,1-7H3,(H3,33,34,35)/t20?,21?,22?,28-,29+,30+,31-/m0/s1. The average Bonchev–Trinajstić information content (AvgIpc) is 3.14. The number of carbonyl (C=O) groups excluding carboxylic acids is 1. The van der Waals surface area contributed by atoms with Crippen molar-refractivity contribution in [2.45, 2.75) is 112 Å². The van der Waals surface area contributed by atoms with E-state index < -0.39 is 0 Å². The number of allylic oxidation sites excluding steroid dienone is 2. The van der Waals surface area contributed by atoms with Gasteiger partial charge in [-0.1, -0.05) is 60.1 Å². The third-order valence-electron chi connectivity index (χ3n) is 13.2. The molecule has 5 heteroatoms. The molecule has 1 heterocycles. The van der Waals surface area contributed by atoms with Crippen LogP contribution in [0.3, 0.4) is 0 Å². The second-order valence-electron chi connectivity index (χ2n) is 15.5. The van der Waals surface area contributed by atoms with Crippen LogP contribution in [0.25, 0.3) is 0 Å². The number of halogens is 1. The fraction of sp³-hybridized carbons (Fsp3) is 0.806. The number of carbonyl (C=O) groups is 1. The summed E-state index contributed by atoms with van der Waals surface area (Å²) in [4.78, 5) is 13.1. The van der Waals surface area contributed by atoms with Gasteiger partial charge in [0, 0.05) is 11.0 Å². The van der Waals surface area contributed by atoms with Crippen LogP contribution in [0.4, 0.5) is 5.82 Å². The van der Waals surface area contributed by atoms with Crippen LogP contribution >= 0.6 is 11.6 Å². The molecular formula is C31H46ClN3O. The van der Waals surface area contributed by atoms with E-state index >= 15 is 0 Å². The molecule has 0 aliphatic heterocycles. The lowest BCUT2D eigenvalue weighted by molar-refractivity contribution is -0.163. The number of hydrogen-bond acceptors (Lipinski definition) is 3. The first-order valence-corrected chi connectivity index (χ1v) is 14.7. The zero-order valence-corrected chi connectivity index (χ0v) is 24.2. The van der Waals surface area contributed by atoms with Crippen LogP contribution < -0.4 is 5.73 Å². The van der Waals surface area contributed by atoms with Gasteiger partial charge >= 0.3 is 0 Å². The van der Waals surface area contributed by atoms with Gasteiger partial charge in [0.05, 0.1) is 11.1 Å². The maximum atomic E-state index is 13.1. The van der Waals surface area contributed by atoms with Gasteiger partial charge in [0.25, 0.3) is 0 Å². The molecule has 0 radical (unpaired) electrons. The van der Waals surface area contributed by atoms with Gasteiger partial charge in [-0.2, -0.15) is 5.10 Å². The zero-order valence-electron chi connectivity index (χ0n) is 23.5. The summed E-state index contributed by atoms with van der Waals surface area (Å²) in [6.45, 7) is 17.3. The van der Waals surface area contributed by atoms with Gasteiger partial charge in [-0.25, -0.2) is 0 Å². The third-order valence-corrected chi connectivity index (χ3v) is 13.6. The second-order valence-corrected chi connectivity index (χ2v) is 15.9. The SMILES string of the molecule is CC1(C)CC[C@]2(C(=O)Cl)CC[C@]3(C)C(=CCC4[C@@]5(C)Cc6c(n[nH]c6N)C(C)(C)C5CC[C@]43C)C2C1. The Labute approximate surface area is 222 Å². The van der Waals surface area contributed by atoms with E-state index in [0.717, 1.165) is 50.8 Å². The number of aromatic nitrogens is 2. The molecule has 3 unspecified atom stereocenters. The van der Waals surface area contributed by atoms with Crippen molar-refractivity contribution < 1.29 is 4.79 Å². The number of rotatable bonds is 1. The normalized spacial score (nSPS) is 46.3. The van der Waals surface area contributed by atoms with E-state index in [1.54, 1.807) is 5.57 Å². The van der Waals surface area contributed by atoms with Crippen molar-refractivity contribution in [3.05, 3.63) is 22.9 Å². The monoisotopic (exact) mass is 511 g/mol. The Morgan fingerprint density at radius 3 is 2.42 bits per heavy atom. The minimum atomic E-state index is -0.361. The predicted octanol–water partition coefficient (Wildman–Crippen LogP) is 7.57. The number of nitrogens with two attached hydrogens (primary N) is 1. The molecule has 3 N–H and O–H groups in total. The smallest absolute Gasteiger partial charge is 0.228 e. The molecule has 5 aliphatic carbocycles. The number of H-pyrrole nitrogens is 1. The van der Waals surface area contributed by atoms with Crippen molar-refractivity contribution in [2.75, 3.05) is 5.73 Å². The summed E-state index contributed by atoms with van der Waals surface area (Å²) in [6.07, 6.45) is 12.3. The van der Waals surface area contributed by atoms with Gasteiger partial charge in [0.2, 0.25) is 5.24 Å². The summed E-state index contributed by atoms with van der Waals surface area (Å²) in [6, 6.07) is 0. The molecule has 36 heavy (non-hydrogen) atoms. The van der Waals surface area contributed by atoms with Crippen LogP contribution in [-0.2, 0) is 16.6 Å². The van der Waals surface area contributed by atoms with Crippen LogP contribution in [-0.4, -0.2) is 15.4 Å². The Bertz CT molecular complexity index is 1160. The largest absolute Gasteiger partial charge is 0.384 e. The minimum absolute atomic E-state index is 0.00281. The van der Waals surface area contributed by atoms with Crippen molar-refractivity contribution in [3.8, 4) is 0 Å². The molecular weight excluding hydrogens is 466 g/mol. The molecule has 1 aromatic rings. The summed E-state index contributed by atoms with van der Waals surface area (Å²) in [5.74, 6) is 2.20. The summed E-state index contributed by atoms with van der Waals surface area (Å²) in [5, 5.41) is 7.75. The summed E-state index contributed by atoms with van der Waals surface area (Å²) in [7, 11) is 0. The molecule has 6 rings (SSSR count). The Morgan fingerprint density at radius 1 is 1.03 bits per heavy atom. The number of fused-ring (bicyclic) bond motifs is 8. The first-order chi connectivity index (χ1) is 16.6. The van der Waals surface area contributed by atoms with Gasteiger partial charge in [0.1, 0.15) is 5.82 Å². The predicted molar refractivity (Wildman–Crippen MR) is 147 cm³/mol. The van der Waals surface area contributed by atoms with Crippen LogP contribution in [0.1, 0.15) is 111 Å². The number of hydrogen-bond donors (Lipinski definition) is 2. The molecule has 0 bridgehead atoms. The quantitative estimate of drug-likeness (QED) is 0.301. The van der Waals surface area contributed by atoms with E-state index in [-0.39, 0.29) is 43.7 Å². The van der Waals surface area contributed by atoms with E-state index in [1.807, 2.05) is 0 Å². The molecule has 7 atom stereocenters. The first kappa shape index (κ1) is 25.0. The molecule has 0 amide bonds. The molecule has 3 saturated carbocycles. The minimum Gasteiger partial charge on any atom is -0.384 e. The number of nitrogen functional groups attached to an aromatic ring is 1. The number of aromatic amines is 1. The highest BCUT2D eigenvalue weighted by Gasteiger charge is 2.69. The summed E-state index contributed by atoms with van der Waals surface area (Å²) in [5.41, 5.74) is 10.8. The van der Waals surface area contributed by atoms with Crippen molar-refractivity contribution >= 4 is 22.7 Å². The topological polar surface area (TPSA) is 71.8 Å². The molecule has 3 fully saturated rings. The molecule has 5 aliphatic rings. The lowest BCUT2D eigenvalue weighted by Gasteiger charge is -2.70. The number of anilines is 1. The molecule has 1 aromatic heterocycles. The van der Waals surface area contributed by atoms with Gasteiger partial charge in [-0.15, -0.1) is 0 Å².